The third-order valence-corrected chi connectivity index (χ3v) is 4.06. The molecule has 3 rings (SSSR count). The Kier molecular flexibility index (Phi) is 2.06. The Balaban J connectivity index is 2.10. The molecule has 0 atom stereocenters. The minimum Gasteiger partial charge on any atom is -0.264 e. The van der Waals surface area contributed by atoms with Crippen molar-refractivity contribution in [3.05, 3.63) is 34.6 Å². The number of aromatic nitrogens is 2. The Bertz CT molecular complexity index is 481. The van der Waals surface area contributed by atoms with Crippen molar-refractivity contribution >= 4 is 11.3 Å². The summed E-state index contributed by atoms with van der Waals surface area (Å²) < 4.78 is 0. The minimum absolute atomic E-state index is 1.14. The molecule has 3 heteroatoms. The summed E-state index contributed by atoms with van der Waals surface area (Å²) in [5.41, 5.74) is 3.77. The lowest BCUT2D eigenvalue weighted by molar-refractivity contribution is 0.900. The molecule has 0 saturated heterocycles. The smallest absolute Gasteiger partial charge is 0.125 e. The van der Waals surface area contributed by atoms with Gasteiger partial charge in [-0.1, -0.05) is 0 Å². The predicted molar refractivity (Wildman–Crippen MR) is 62.1 cm³/mol. The Morgan fingerprint density at radius 2 is 2.27 bits per heavy atom. The molecule has 15 heavy (non-hydrogen) atoms. The maximum atomic E-state index is 4.70. The fraction of sp³-hybridized carbons (Fsp3) is 0.333. The molecule has 1 aliphatic carbocycles. The summed E-state index contributed by atoms with van der Waals surface area (Å²) in [6.45, 7) is 2.11. The largest absolute Gasteiger partial charge is 0.264 e. The quantitative estimate of drug-likeness (QED) is 0.732. The molecule has 0 aromatic carbocycles. The van der Waals surface area contributed by atoms with Crippen LogP contribution in [0.3, 0.4) is 0 Å². The molecule has 0 radical (unpaired) electrons. The number of thiazole rings is 1. The number of nitrogens with zero attached hydrogens (tertiary/aromatic N) is 2. The van der Waals surface area contributed by atoms with Crippen LogP contribution in [0.5, 0.6) is 0 Å². The second-order valence-electron chi connectivity index (χ2n) is 3.93. The summed E-state index contributed by atoms with van der Waals surface area (Å²) in [6.07, 6.45) is 7.40. The first kappa shape index (κ1) is 9.04. The molecule has 0 N–H and O–H groups in total. The van der Waals surface area contributed by atoms with Crippen molar-refractivity contribution in [1.82, 2.24) is 9.97 Å². The molecule has 0 fully saturated rings. The van der Waals surface area contributed by atoms with E-state index in [0.717, 1.165) is 11.4 Å². The first-order valence-corrected chi connectivity index (χ1v) is 6.06. The molecule has 0 bridgehead atoms. The topological polar surface area (TPSA) is 25.8 Å². The molecule has 76 valence electrons. The highest BCUT2D eigenvalue weighted by molar-refractivity contribution is 7.15. The van der Waals surface area contributed by atoms with E-state index < -0.39 is 0 Å². The number of fused-ring (bicyclic) bond motifs is 1. The SMILES string of the molecule is Cc1ccncc1-c1nc2c(s1)CCC2. The van der Waals surface area contributed by atoms with Gasteiger partial charge in [0.15, 0.2) is 0 Å². The van der Waals surface area contributed by atoms with Gasteiger partial charge in [-0.2, -0.15) is 0 Å². The van der Waals surface area contributed by atoms with Gasteiger partial charge in [-0.15, -0.1) is 11.3 Å². The van der Waals surface area contributed by atoms with Crippen LogP contribution < -0.4 is 0 Å². The Labute approximate surface area is 93.0 Å². The highest BCUT2D eigenvalue weighted by Gasteiger charge is 2.17. The van der Waals surface area contributed by atoms with Crippen molar-refractivity contribution in [2.24, 2.45) is 0 Å². The van der Waals surface area contributed by atoms with Crippen LogP contribution in [0, 0.1) is 6.92 Å². The normalized spacial score (nSPS) is 14.2. The van der Waals surface area contributed by atoms with Gasteiger partial charge in [0.05, 0.1) is 5.69 Å². The Morgan fingerprint density at radius 1 is 1.33 bits per heavy atom. The molecule has 2 nitrogen and oxygen atoms in total. The van der Waals surface area contributed by atoms with E-state index in [1.54, 1.807) is 0 Å². The van der Waals surface area contributed by atoms with Gasteiger partial charge in [0.25, 0.3) is 0 Å². The predicted octanol–water partition coefficient (Wildman–Crippen LogP) is 3.00. The molecule has 2 heterocycles. The highest BCUT2D eigenvalue weighted by atomic mass is 32.1. The zero-order chi connectivity index (χ0) is 10.3. The van der Waals surface area contributed by atoms with Crippen molar-refractivity contribution < 1.29 is 0 Å². The monoisotopic (exact) mass is 216 g/mol. The molecular formula is C12H12N2S. The zero-order valence-corrected chi connectivity index (χ0v) is 9.47. The molecule has 0 saturated carbocycles. The summed E-state index contributed by atoms with van der Waals surface area (Å²) >= 11 is 1.84. The number of aryl methyl sites for hydroxylation is 3. The van der Waals surface area contributed by atoms with Gasteiger partial charge in [0.2, 0.25) is 0 Å². The first-order chi connectivity index (χ1) is 7.34. The van der Waals surface area contributed by atoms with Crippen LogP contribution in [0.25, 0.3) is 10.6 Å². The molecule has 2 aromatic heterocycles. The summed E-state index contributed by atoms with van der Waals surface area (Å²) in [5.74, 6) is 0. The molecule has 2 aromatic rings. The van der Waals surface area contributed by atoms with Gasteiger partial charge >= 0.3 is 0 Å². The van der Waals surface area contributed by atoms with Crippen LogP contribution in [0.15, 0.2) is 18.5 Å². The van der Waals surface area contributed by atoms with E-state index in [9.17, 15) is 0 Å². The fourth-order valence-electron chi connectivity index (χ4n) is 1.99. The van der Waals surface area contributed by atoms with Gasteiger partial charge in [0.1, 0.15) is 5.01 Å². The van der Waals surface area contributed by atoms with Crippen molar-refractivity contribution in [3.63, 3.8) is 0 Å². The molecule has 0 spiro atoms. The summed E-state index contributed by atoms with van der Waals surface area (Å²) in [6, 6.07) is 2.04. The van der Waals surface area contributed by atoms with E-state index in [4.69, 9.17) is 4.98 Å². The van der Waals surface area contributed by atoms with Crippen molar-refractivity contribution in [3.8, 4) is 10.6 Å². The zero-order valence-electron chi connectivity index (χ0n) is 8.66. The van der Waals surface area contributed by atoms with E-state index in [2.05, 4.69) is 11.9 Å². The van der Waals surface area contributed by atoms with Crippen molar-refractivity contribution in [2.75, 3.05) is 0 Å². The van der Waals surface area contributed by atoms with E-state index in [0.29, 0.717) is 0 Å². The Morgan fingerprint density at radius 3 is 3.07 bits per heavy atom. The lowest BCUT2D eigenvalue weighted by Gasteiger charge is -1.99. The maximum absolute atomic E-state index is 4.70. The summed E-state index contributed by atoms with van der Waals surface area (Å²) in [7, 11) is 0. The molecule has 0 aliphatic heterocycles. The van der Waals surface area contributed by atoms with E-state index in [1.807, 2.05) is 29.8 Å². The minimum atomic E-state index is 1.14. The maximum Gasteiger partial charge on any atom is 0.125 e. The summed E-state index contributed by atoms with van der Waals surface area (Å²) in [5, 5.41) is 1.14. The highest BCUT2D eigenvalue weighted by Crippen LogP contribution is 2.34. The van der Waals surface area contributed by atoms with Crippen molar-refractivity contribution in [2.45, 2.75) is 26.2 Å². The fourth-order valence-corrected chi connectivity index (χ4v) is 3.22. The first-order valence-electron chi connectivity index (χ1n) is 5.24. The number of rotatable bonds is 1. The van der Waals surface area contributed by atoms with Gasteiger partial charge in [-0.25, -0.2) is 4.98 Å². The second-order valence-corrected chi connectivity index (χ2v) is 5.02. The molecule has 0 unspecified atom stereocenters. The van der Waals surface area contributed by atoms with Crippen LogP contribution in [0.4, 0.5) is 0 Å². The van der Waals surface area contributed by atoms with Gasteiger partial charge < -0.3 is 0 Å². The number of hydrogen-bond acceptors (Lipinski definition) is 3. The van der Waals surface area contributed by atoms with Crippen LogP contribution in [0.2, 0.25) is 0 Å². The van der Waals surface area contributed by atoms with Crippen LogP contribution in [0.1, 0.15) is 22.6 Å². The number of hydrogen-bond donors (Lipinski definition) is 0. The number of pyridine rings is 1. The van der Waals surface area contributed by atoms with Crippen LogP contribution >= 0.6 is 11.3 Å². The molecule has 0 amide bonds. The lowest BCUT2D eigenvalue weighted by atomic mass is 10.2. The average Bonchev–Trinajstić information content (AvgIpc) is 2.77. The Hall–Kier alpha value is -1.22. The second kappa shape index (κ2) is 3.42. The average molecular weight is 216 g/mol. The van der Waals surface area contributed by atoms with Gasteiger partial charge in [0, 0.05) is 22.8 Å². The standard InChI is InChI=1S/C12H12N2S/c1-8-5-6-13-7-9(8)12-14-10-3-2-4-11(10)15-12/h5-7H,2-4H2,1H3. The van der Waals surface area contributed by atoms with Gasteiger partial charge in [-0.3, -0.25) is 4.98 Å². The van der Waals surface area contributed by atoms with E-state index in [1.165, 1.54) is 34.5 Å². The van der Waals surface area contributed by atoms with Gasteiger partial charge in [-0.05, 0) is 37.8 Å². The van der Waals surface area contributed by atoms with Crippen LogP contribution in [-0.2, 0) is 12.8 Å². The van der Waals surface area contributed by atoms with E-state index >= 15 is 0 Å². The summed E-state index contributed by atoms with van der Waals surface area (Å²) in [4.78, 5) is 10.4. The molecular weight excluding hydrogens is 204 g/mol. The molecule has 1 aliphatic rings. The lowest BCUT2D eigenvalue weighted by Crippen LogP contribution is -1.85. The van der Waals surface area contributed by atoms with Crippen molar-refractivity contribution in [1.29, 1.82) is 0 Å². The third kappa shape index (κ3) is 1.47. The van der Waals surface area contributed by atoms with E-state index in [-0.39, 0.29) is 0 Å². The third-order valence-electron chi connectivity index (χ3n) is 2.87. The van der Waals surface area contributed by atoms with Crippen LogP contribution in [-0.4, -0.2) is 9.97 Å².